The van der Waals surface area contributed by atoms with E-state index in [2.05, 4.69) is 41.3 Å². The summed E-state index contributed by atoms with van der Waals surface area (Å²) >= 11 is 4.43. The van der Waals surface area contributed by atoms with Gasteiger partial charge in [0.15, 0.2) is 0 Å². The second kappa shape index (κ2) is 8.04. The average molecular weight is 420 g/mol. The number of nitrogens with zero attached hydrogens (tertiary/aromatic N) is 2. The van der Waals surface area contributed by atoms with Crippen LogP contribution in [0.25, 0.3) is 0 Å². The van der Waals surface area contributed by atoms with Crippen molar-refractivity contribution in [2.45, 2.75) is 18.1 Å². The van der Waals surface area contributed by atoms with E-state index in [1.807, 2.05) is 13.8 Å². The summed E-state index contributed by atoms with van der Waals surface area (Å²) in [5, 5.41) is 6.21. The van der Waals surface area contributed by atoms with E-state index in [1.165, 1.54) is 11.3 Å². The van der Waals surface area contributed by atoms with Crippen molar-refractivity contribution in [3.05, 3.63) is 27.8 Å². The Hall–Kier alpha value is -1.23. The first-order valence-electron chi connectivity index (χ1n) is 6.99. The summed E-state index contributed by atoms with van der Waals surface area (Å²) in [6.07, 6.45) is 0. The molecule has 0 aromatic carbocycles. The molecule has 10 heteroatoms. The first kappa shape index (κ1) is 18.1. The zero-order chi connectivity index (χ0) is 16.9. The number of hydrogen-bond donors (Lipinski definition) is 3. The molecule has 0 amide bonds. The number of hydrogen-bond acceptors (Lipinski definition) is 7. The topological polar surface area (TPSA) is 96.0 Å². The van der Waals surface area contributed by atoms with Crippen molar-refractivity contribution in [3.63, 3.8) is 0 Å². The van der Waals surface area contributed by atoms with Gasteiger partial charge in [0.2, 0.25) is 10.0 Å². The highest BCUT2D eigenvalue weighted by Crippen LogP contribution is 2.25. The summed E-state index contributed by atoms with van der Waals surface area (Å²) in [7, 11) is -3.47. The number of nitrogens with one attached hydrogen (secondary N) is 3. The number of sulfonamides is 1. The Morgan fingerprint density at radius 1 is 1.17 bits per heavy atom. The van der Waals surface area contributed by atoms with Gasteiger partial charge in [0.25, 0.3) is 0 Å². The molecule has 0 aliphatic rings. The van der Waals surface area contributed by atoms with Crippen molar-refractivity contribution in [1.29, 1.82) is 0 Å². The lowest BCUT2D eigenvalue weighted by Gasteiger charge is -2.09. The van der Waals surface area contributed by atoms with Gasteiger partial charge in [-0.2, -0.15) is 0 Å². The maximum absolute atomic E-state index is 12.1. The molecule has 0 atom stereocenters. The van der Waals surface area contributed by atoms with Gasteiger partial charge in [-0.25, -0.2) is 23.1 Å². The van der Waals surface area contributed by atoms with E-state index in [4.69, 9.17) is 0 Å². The van der Waals surface area contributed by atoms with Gasteiger partial charge < -0.3 is 10.6 Å². The predicted molar refractivity (Wildman–Crippen MR) is 96.6 cm³/mol. The van der Waals surface area contributed by atoms with E-state index in [0.29, 0.717) is 18.2 Å². The fourth-order valence-corrected chi connectivity index (χ4v) is 4.91. The molecule has 23 heavy (non-hydrogen) atoms. The summed E-state index contributed by atoms with van der Waals surface area (Å²) < 4.78 is 27.8. The Labute approximate surface area is 148 Å². The number of anilines is 2. The largest absolute Gasteiger partial charge is 0.370 e. The molecule has 0 unspecified atom stereocenters. The van der Waals surface area contributed by atoms with E-state index >= 15 is 0 Å². The number of aryl methyl sites for hydroxylation is 1. The molecule has 7 nitrogen and oxygen atoms in total. The van der Waals surface area contributed by atoms with E-state index < -0.39 is 10.0 Å². The van der Waals surface area contributed by atoms with E-state index in [9.17, 15) is 8.42 Å². The Kier molecular flexibility index (Phi) is 6.33. The van der Waals surface area contributed by atoms with Crippen LogP contribution in [0.1, 0.15) is 12.7 Å². The summed E-state index contributed by atoms with van der Waals surface area (Å²) in [5.74, 6) is 2.05. The molecular weight excluding hydrogens is 402 g/mol. The molecule has 0 fully saturated rings. The van der Waals surface area contributed by atoms with Crippen LogP contribution in [-0.4, -0.2) is 38.0 Å². The minimum atomic E-state index is -3.47. The van der Waals surface area contributed by atoms with Gasteiger partial charge >= 0.3 is 0 Å². The minimum absolute atomic E-state index is 0.261. The standard InChI is InChI=1S/C13H18BrN5O2S2/c1-3-15-11-8-12(19-9(2)18-11)16-6-7-17-23(20,21)13-5-4-10(14)22-13/h4-5,8,17H,3,6-7H2,1-2H3,(H2,15,16,18,19). The van der Waals surface area contributed by atoms with Crippen molar-refractivity contribution < 1.29 is 8.42 Å². The molecule has 2 aromatic rings. The van der Waals surface area contributed by atoms with Crippen LogP contribution in [-0.2, 0) is 10.0 Å². The summed E-state index contributed by atoms with van der Waals surface area (Å²) in [5.41, 5.74) is 0. The van der Waals surface area contributed by atoms with Gasteiger partial charge in [-0.15, -0.1) is 11.3 Å². The zero-order valence-corrected chi connectivity index (χ0v) is 16.0. The first-order chi connectivity index (χ1) is 10.9. The van der Waals surface area contributed by atoms with Crippen molar-refractivity contribution in [2.75, 3.05) is 30.3 Å². The third kappa shape index (κ3) is 5.41. The Bertz CT molecular complexity index is 763. The van der Waals surface area contributed by atoms with Crippen LogP contribution in [0.4, 0.5) is 11.6 Å². The van der Waals surface area contributed by atoms with Crippen molar-refractivity contribution >= 4 is 48.9 Å². The SMILES string of the molecule is CCNc1cc(NCCNS(=O)(=O)c2ccc(Br)s2)nc(C)n1. The van der Waals surface area contributed by atoms with Crippen LogP contribution in [0.15, 0.2) is 26.2 Å². The second-order valence-electron chi connectivity index (χ2n) is 4.60. The molecule has 2 aromatic heterocycles. The summed E-state index contributed by atoms with van der Waals surface area (Å²) in [4.78, 5) is 8.52. The van der Waals surface area contributed by atoms with Gasteiger partial charge in [-0.05, 0) is 41.9 Å². The highest BCUT2D eigenvalue weighted by molar-refractivity contribution is 9.11. The van der Waals surface area contributed by atoms with Gasteiger partial charge in [0.1, 0.15) is 21.7 Å². The molecule has 0 spiro atoms. The fraction of sp³-hybridized carbons (Fsp3) is 0.385. The molecule has 0 aliphatic heterocycles. The normalized spacial score (nSPS) is 11.4. The third-order valence-corrected chi connectivity index (χ3v) is 6.31. The maximum Gasteiger partial charge on any atom is 0.250 e. The molecule has 0 saturated heterocycles. The number of thiophene rings is 1. The molecule has 0 bridgehead atoms. The molecular formula is C13H18BrN5O2S2. The molecule has 3 N–H and O–H groups in total. The lowest BCUT2D eigenvalue weighted by atomic mass is 10.4. The number of rotatable bonds is 8. The van der Waals surface area contributed by atoms with Gasteiger partial charge in [0, 0.05) is 25.7 Å². The molecule has 126 valence electrons. The predicted octanol–water partition coefficient (Wildman–Crippen LogP) is 2.43. The van der Waals surface area contributed by atoms with E-state index in [0.717, 1.165) is 16.1 Å². The Morgan fingerprint density at radius 2 is 1.87 bits per heavy atom. The summed E-state index contributed by atoms with van der Waals surface area (Å²) in [6.45, 7) is 5.25. The average Bonchev–Trinajstić information content (AvgIpc) is 2.91. The van der Waals surface area contributed by atoms with Crippen LogP contribution in [0.2, 0.25) is 0 Å². The third-order valence-electron chi connectivity index (χ3n) is 2.73. The van der Waals surface area contributed by atoms with Crippen LogP contribution >= 0.6 is 27.3 Å². The van der Waals surface area contributed by atoms with E-state index in [-0.39, 0.29) is 10.8 Å². The van der Waals surface area contributed by atoms with E-state index in [1.54, 1.807) is 18.2 Å². The fourth-order valence-electron chi connectivity index (χ4n) is 1.82. The number of aromatic nitrogens is 2. The Balaban J connectivity index is 1.88. The van der Waals surface area contributed by atoms with Gasteiger partial charge in [-0.3, -0.25) is 0 Å². The quantitative estimate of drug-likeness (QED) is 0.568. The first-order valence-corrected chi connectivity index (χ1v) is 10.1. The van der Waals surface area contributed by atoms with Crippen LogP contribution in [0.3, 0.4) is 0 Å². The number of halogens is 1. The van der Waals surface area contributed by atoms with Gasteiger partial charge in [0.05, 0.1) is 3.79 Å². The van der Waals surface area contributed by atoms with Gasteiger partial charge in [-0.1, -0.05) is 0 Å². The maximum atomic E-state index is 12.1. The van der Waals surface area contributed by atoms with Crippen LogP contribution in [0.5, 0.6) is 0 Å². The smallest absolute Gasteiger partial charge is 0.250 e. The lowest BCUT2D eigenvalue weighted by molar-refractivity contribution is 0.585. The second-order valence-corrected chi connectivity index (χ2v) is 9.06. The monoisotopic (exact) mass is 419 g/mol. The molecule has 2 heterocycles. The van der Waals surface area contributed by atoms with Crippen molar-refractivity contribution in [3.8, 4) is 0 Å². The zero-order valence-electron chi connectivity index (χ0n) is 12.8. The van der Waals surface area contributed by atoms with Crippen molar-refractivity contribution in [2.24, 2.45) is 0 Å². The van der Waals surface area contributed by atoms with Crippen LogP contribution in [0, 0.1) is 6.92 Å². The summed E-state index contributed by atoms with van der Waals surface area (Å²) in [6, 6.07) is 5.08. The van der Waals surface area contributed by atoms with Crippen molar-refractivity contribution in [1.82, 2.24) is 14.7 Å². The lowest BCUT2D eigenvalue weighted by Crippen LogP contribution is -2.28. The van der Waals surface area contributed by atoms with Crippen LogP contribution < -0.4 is 15.4 Å². The molecule has 0 aliphatic carbocycles. The molecule has 0 saturated carbocycles. The molecule has 0 radical (unpaired) electrons. The Morgan fingerprint density at radius 3 is 2.48 bits per heavy atom. The molecule has 2 rings (SSSR count). The minimum Gasteiger partial charge on any atom is -0.370 e. The highest BCUT2D eigenvalue weighted by atomic mass is 79.9. The highest BCUT2D eigenvalue weighted by Gasteiger charge is 2.15.